The number of anilines is 1. The minimum atomic E-state index is -0.624. The minimum Gasteiger partial charge on any atom is -0.489 e. The number of nitrogens with one attached hydrogen (secondary N) is 1. The number of fused-ring (bicyclic) bond motifs is 1. The summed E-state index contributed by atoms with van der Waals surface area (Å²) in [5.41, 5.74) is 6.81. The maximum atomic E-state index is 12.5. The number of nitrogens with zero attached hydrogens (tertiary/aromatic N) is 1. The number of carbonyl (C=O) groups is 2. The molecule has 1 aliphatic rings. The first kappa shape index (κ1) is 17.8. The van der Waals surface area contributed by atoms with Gasteiger partial charge in [-0.3, -0.25) is 24.3 Å². The van der Waals surface area contributed by atoms with Crippen LogP contribution in [0.1, 0.15) is 26.3 Å². The number of aromatic nitrogens is 1. The van der Waals surface area contributed by atoms with E-state index in [1.807, 2.05) is 6.07 Å². The summed E-state index contributed by atoms with van der Waals surface area (Å²) in [6.45, 7) is 0.258. The molecule has 2 amide bonds. The number of carbonyl (C=O) groups excluding carboxylic acids is 2. The summed E-state index contributed by atoms with van der Waals surface area (Å²) >= 11 is 5.86. The first-order valence-electron chi connectivity index (χ1n) is 8.33. The number of imide groups is 1. The number of pyridine rings is 1. The van der Waals surface area contributed by atoms with E-state index in [9.17, 15) is 14.4 Å². The van der Waals surface area contributed by atoms with Crippen LogP contribution in [0.5, 0.6) is 5.75 Å². The standard InChI is InChI=1S/C20H14ClN3O4/c21-12-4-6-14(7-5-12)28-10-11-2-1-3-13(8-11)24-16(25)9-15-17(18(24)22)20(27)23-19(15)26/h1-9H,10,22H2,(H,23,26,27). The van der Waals surface area contributed by atoms with Crippen molar-refractivity contribution in [1.29, 1.82) is 0 Å². The highest BCUT2D eigenvalue weighted by Crippen LogP contribution is 2.23. The highest BCUT2D eigenvalue weighted by molar-refractivity contribution is 6.30. The Morgan fingerprint density at radius 1 is 1.00 bits per heavy atom. The molecule has 140 valence electrons. The van der Waals surface area contributed by atoms with Crippen molar-refractivity contribution in [3.8, 4) is 11.4 Å². The fourth-order valence-electron chi connectivity index (χ4n) is 3.03. The molecule has 0 bridgehead atoms. The van der Waals surface area contributed by atoms with E-state index in [0.29, 0.717) is 16.5 Å². The van der Waals surface area contributed by atoms with E-state index in [0.717, 1.165) is 11.6 Å². The van der Waals surface area contributed by atoms with Crippen molar-refractivity contribution >= 4 is 29.2 Å². The van der Waals surface area contributed by atoms with Gasteiger partial charge in [-0.1, -0.05) is 23.7 Å². The van der Waals surface area contributed by atoms with E-state index >= 15 is 0 Å². The van der Waals surface area contributed by atoms with Gasteiger partial charge in [-0.25, -0.2) is 0 Å². The van der Waals surface area contributed by atoms with Crippen molar-refractivity contribution in [2.75, 3.05) is 5.73 Å². The number of ether oxygens (including phenoxy) is 1. The van der Waals surface area contributed by atoms with Gasteiger partial charge in [0.2, 0.25) is 0 Å². The summed E-state index contributed by atoms with van der Waals surface area (Å²) in [6.07, 6.45) is 0. The number of halogens is 1. The summed E-state index contributed by atoms with van der Waals surface area (Å²) in [6, 6.07) is 15.1. The van der Waals surface area contributed by atoms with Crippen LogP contribution >= 0.6 is 11.6 Å². The van der Waals surface area contributed by atoms with Crippen LogP contribution in [0.2, 0.25) is 5.02 Å². The van der Waals surface area contributed by atoms with Gasteiger partial charge < -0.3 is 10.5 Å². The zero-order valence-electron chi connectivity index (χ0n) is 14.4. The van der Waals surface area contributed by atoms with E-state index in [4.69, 9.17) is 22.1 Å². The minimum absolute atomic E-state index is 0.00687. The van der Waals surface area contributed by atoms with Crippen LogP contribution in [0, 0.1) is 0 Å². The Labute approximate surface area is 164 Å². The van der Waals surface area contributed by atoms with E-state index in [1.54, 1.807) is 42.5 Å². The average Bonchev–Trinajstić information content (AvgIpc) is 2.95. The highest BCUT2D eigenvalue weighted by Gasteiger charge is 2.31. The molecule has 2 heterocycles. The van der Waals surface area contributed by atoms with Crippen molar-refractivity contribution in [1.82, 2.24) is 9.88 Å². The lowest BCUT2D eigenvalue weighted by atomic mass is 10.1. The lowest BCUT2D eigenvalue weighted by Gasteiger charge is -2.13. The number of amides is 2. The zero-order valence-corrected chi connectivity index (χ0v) is 15.2. The number of nitrogen functional groups attached to an aromatic ring is 1. The summed E-state index contributed by atoms with van der Waals surface area (Å²) in [4.78, 5) is 36.3. The van der Waals surface area contributed by atoms with Crippen molar-refractivity contribution in [2.45, 2.75) is 6.61 Å². The Balaban J connectivity index is 1.67. The summed E-state index contributed by atoms with van der Waals surface area (Å²) < 4.78 is 6.91. The van der Waals surface area contributed by atoms with Gasteiger partial charge in [-0.15, -0.1) is 0 Å². The lowest BCUT2D eigenvalue weighted by molar-refractivity contribution is 0.0880. The summed E-state index contributed by atoms with van der Waals surface area (Å²) in [5.74, 6) is -0.671. The predicted octanol–water partition coefficient (Wildman–Crippen LogP) is 2.54. The molecule has 0 spiro atoms. The Hall–Kier alpha value is -3.58. The Morgan fingerprint density at radius 3 is 2.50 bits per heavy atom. The molecule has 3 N–H and O–H groups in total. The Kier molecular flexibility index (Phi) is 4.37. The second-order valence-corrected chi connectivity index (χ2v) is 6.62. The number of nitrogens with two attached hydrogens (primary N) is 1. The molecular weight excluding hydrogens is 382 g/mol. The predicted molar refractivity (Wildman–Crippen MR) is 104 cm³/mol. The summed E-state index contributed by atoms with van der Waals surface area (Å²) in [7, 11) is 0. The van der Waals surface area contributed by atoms with Crippen LogP contribution in [-0.2, 0) is 6.61 Å². The van der Waals surface area contributed by atoms with Crippen LogP contribution in [-0.4, -0.2) is 16.4 Å². The van der Waals surface area contributed by atoms with Crippen molar-refractivity contribution in [2.24, 2.45) is 0 Å². The molecule has 0 saturated heterocycles. The molecule has 0 radical (unpaired) electrons. The SMILES string of the molecule is Nc1c2c(cc(=O)n1-c1cccc(COc3ccc(Cl)cc3)c1)C(=O)NC2=O. The smallest absolute Gasteiger partial charge is 0.262 e. The quantitative estimate of drug-likeness (QED) is 0.661. The van der Waals surface area contributed by atoms with Crippen LogP contribution < -0.4 is 21.3 Å². The number of rotatable bonds is 4. The first-order chi connectivity index (χ1) is 13.4. The molecule has 1 aromatic heterocycles. The average molecular weight is 396 g/mol. The molecule has 0 aliphatic carbocycles. The molecule has 2 aromatic carbocycles. The third-order valence-corrected chi connectivity index (χ3v) is 4.59. The molecular formula is C20H14ClN3O4. The van der Waals surface area contributed by atoms with Crippen molar-refractivity contribution < 1.29 is 14.3 Å². The molecule has 4 rings (SSSR count). The zero-order chi connectivity index (χ0) is 19.8. The van der Waals surface area contributed by atoms with Gasteiger partial charge in [0.05, 0.1) is 16.8 Å². The van der Waals surface area contributed by atoms with Gasteiger partial charge in [0.15, 0.2) is 0 Å². The van der Waals surface area contributed by atoms with Gasteiger partial charge >= 0.3 is 0 Å². The normalized spacial score (nSPS) is 12.6. The number of hydrogen-bond donors (Lipinski definition) is 2. The van der Waals surface area contributed by atoms with E-state index in [2.05, 4.69) is 5.32 Å². The highest BCUT2D eigenvalue weighted by atomic mass is 35.5. The topological polar surface area (TPSA) is 103 Å². The second kappa shape index (κ2) is 6.86. The summed E-state index contributed by atoms with van der Waals surface area (Å²) in [5, 5.41) is 2.76. The van der Waals surface area contributed by atoms with Crippen LogP contribution in [0.3, 0.4) is 0 Å². The molecule has 0 unspecified atom stereocenters. The van der Waals surface area contributed by atoms with Gasteiger partial charge in [0.1, 0.15) is 18.2 Å². The van der Waals surface area contributed by atoms with Crippen molar-refractivity contribution in [3.05, 3.63) is 86.7 Å². The van der Waals surface area contributed by atoms with E-state index < -0.39 is 17.4 Å². The number of benzene rings is 2. The van der Waals surface area contributed by atoms with Crippen LogP contribution in [0.15, 0.2) is 59.4 Å². The molecule has 7 nitrogen and oxygen atoms in total. The fraction of sp³-hybridized carbons (Fsp3) is 0.0500. The van der Waals surface area contributed by atoms with Crippen LogP contribution in [0.25, 0.3) is 5.69 Å². The Morgan fingerprint density at radius 2 is 1.75 bits per heavy atom. The van der Waals surface area contributed by atoms with Crippen LogP contribution in [0.4, 0.5) is 5.82 Å². The second-order valence-electron chi connectivity index (χ2n) is 6.19. The molecule has 8 heteroatoms. The maximum absolute atomic E-state index is 12.5. The molecule has 28 heavy (non-hydrogen) atoms. The monoisotopic (exact) mass is 395 g/mol. The van der Waals surface area contributed by atoms with E-state index in [1.165, 1.54) is 4.57 Å². The molecule has 1 aliphatic heterocycles. The maximum Gasteiger partial charge on any atom is 0.262 e. The first-order valence-corrected chi connectivity index (χ1v) is 8.71. The van der Waals surface area contributed by atoms with Gasteiger partial charge in [-0.05, 0) is 42.0 Å². The third-order valence-electron chi connectivity index (χ3n) is 4.34. The Bertz CT molecular complexity index is 1170. The van der Waals surface area contributed by atoms with Gasteiger partial charge in [0, 0.05) is 11.1 Å². The van der Waals surface area contributed by atoms with Gasteiger partial charge in [0.25, 0.3) is 17.4 Å². The lowest BCUT2D eigenvalue weighted by Crippen LogP contribution is -2.24. The number of hydrogen-bond acceptors (Lipinski definition) is 5. The third kappa shape index (κ3) is 3.12. The van der Waals surface area contributed by atoms with Gasteiger partial charge in [-0.2, -0.15) is 0 Å². The fourth-order valence-corrected chi connectivity index (χ4v) is 3.15. The molecule has 3 aromatic rings. The molecule has 0 fully saturated rings. The van der Waals surface area contributed by atoms with Crippen molar-refractivity contribution in [3.63, 3.8) is 0 Å². The largest absolute Gasteiger partial charge is 0.489 e. The molecule has 0 atom stereocenters. The van der Waals surface area contributed by atoms with E-state index in [-0.39, 0.29) is 23.6 Å². The molecule has 0 saturated carbocycles.